The number of carboxylic acids is 2. The third kappa shape index (κ3) is 41.3. The number of aliphatic hydroxyl groups is 2. The van der Waals surface area contributed by atoms with E-state index in [-0.39, 0.29) is 114 Å². The number of ether oxygens (including phenoxy) is 4. The van der Waals surface area contributed by atoms with E-state index in [0.717, 1.165) is 51.4 Å². The van der Waals surface area contributed by atoms with Crippen LogP contribution in [0.4, 0.5) is 0 Å². The van der Waals surface area contributed by atoms with Crippen molar-refractivity contribution in [2.24, 2.45) is 11.8 Å². The molecule has 1 aliphatic rings. The van der Waals surface area contributed by atoms with Crippen LogP contribution in [0, 0.1) is 11.8 Å². The molecular weight excluding hydrogens is 969 g/mol. The van der Waals surface area contributed by atoms with Gasteiger partial charge in [0.05, 0.1) is 45.7 Å². The average Bonchev–Trinajstić information content (AvgIpc) is 3.36. The van der Waals surface area contributed by atoms with Crippen LogP contribution in [-0.4, -0.2) is 159 Å². The Morgan fingerprint density at radius 3 is 1.41 bits per heavy atom. The normalized spacial score (nSPS) is 15.3. The van der Waals surface area contributed by atoms with Crippen LogP contribution in [0.15, 0.2) is 0 Å². The molecule has 0 radical (unpaired) electrons. The minimum Gasteiger partial charge on any atom is -0.481 e. The van der Waals surface area contributed by atoms with Crippen molar-refractivity contribution in [2.75, 3.05) is 79.0 Å². The third-order valence-electron chi connectivity index (χ3n) is 12.8. The molecule has 21 nitrogen and oxygen atoms in total. The van der Waals surface area contributed by atoms with Crippen LogP contribution >= 0.6 is 12.8 Å². The lowest BCUT2D eigenvalue weighted by atomic mass is 9.81. The van der Waals surface area contributed by atoms with Gasteiger partial charge in [-0.2, -0.15) is 0 Å². The molecule has 1 rings (SSSR count). The fourth-order valence-corrected chi connectivity index (χ4v) is 8.56. The second-order valence-electron chi connectivity index (χ2n) is 19.0. The summed E-state index contributed by atoms with van der Waals surface area (Å²) in [6.07, 6.45) is 22.2. The van der Waals surface area contributed by atoms with Crippen LogP contribution in [0.3, 0.4) is 0 Å². The van der Waals surface area contributed by atoms with E-state index in [0.29, 0.717) is 64.0 Å². The predicted octanol–water partition coefficient (Wildman–Crippen LogP) is 4.06. The number of unbranched alkanes of at least 4 members (excludes halogenated alkanes) is 16. The van der Waals surface area contributed by atoms with Gasteiger partial charge in [0.2, 0.25) is 29.5 Å². The Kier molecular flexibility index (Phi) is 43.2. The Labute approximate surface area is 439 Å². The van der Waals surface area contributed by atoms with Crippen LogP contribution in [0.1, 0.15) is 173 Å². The van der Waals surface area contributed by atoms with E-state index in [4.69, 9.17) is 29.2 Å². The molecular formula is C51H94N6O15S. The Morgan fingerprint density at radius 2 is 0.932 bits per heavy atom. The van der Waals surface area contributed by atoms with Crippen molar-refractivity contribution in [3.8, 4) is 0 Å². The Balaban J connectivity index is 1.97. The standard InChI is InChI=1S/C51H94N6O15S/c58-44(20-15-13-11-9-7-5-3-1-2-4-6-8-10-12-14-16-21-48(62)63)55-37-40-22-24-41(25-23-40)49(64)56-42(50(65)66)26-27-45(59)53-29-31-69-33-36-72-39-47(61)54-30-32-70-34-35-71-38-46(60)52-28-18-17-19-43(57-73)51(67)68/h40-43,50,57,65-66,73H,1-39H2,(H,52,60)(H,53,59)(H,54,61)(H,55,58)(H,56,64)(H,62,63)(H,67,68). The molecule has 1 fully saturated rings. The molecule has 424 valence electrons. The number of aliphatic carboxylic acids is 2. The molecule has 5 amide bonds. The average molecular weight is 1060 g/mol. The number of carboxylic acid groups (broad SMARTS) is 2. The number of carbonyl (C=O) groups is 7. The summed E-state index contributed by atoms with van der Waals surface area (Å²) in [7, 11) is 0. The summed E-state index contributed by atoms with van der Waals surface area (Å²) in [4.78, 5) is 83.1. The van der Waals surface area contributed by atoms with E-state index >= 15 is 0 Å². The zero-order valence-corrected chi connectivity index (χ0v) is 44.6. The van der Waals surface area contributed by atoms with Crippen LogP contribution in [-0.2, 0) is 52.5 Å². The molecule has 1 saturated carbocycles. The maximum absolute atomic E-state index is 13.0. The minimum atomic E-state index is -1.83. The van der Waals surface area contributed by atoms with Crippen LogP contribution in [0.25, 0.3) is 0 Å². The summed E-state index contributed by atoms with van der Waals surface area (Å²) < 4.78 is 23.8. The fourth-order valence-electron chi connectivity index (χ4n) is 8.32. The zero-order chi connectivity index (χ0) is 53.6. The van der Waals surface area contributed by atoms with Gasteiger partial charge in [-0.3, -0.25) is 38.3 Å². The van der Waals surface area contributed by atoms with Gasteiger partial charge in [-0.25, -0.2) is 0 Å². The maximum Gasteiger partial charge on any atom is 0.321 e. The molecule has 0 saturated heterocycles. The highest BCUT2D eigenvalue weighted by Crippen LogP contribution is 2.29. The highest BCUT2D eigenvalue weighted by molar-refractivity contribution is 7.78. The lowest BCUT2D eigenvalue weighted by Gasteiger charge is -2.29. The molecule has 2 unspecified atom stereocenters. The molecule has 0 aromatic rings. The number of hydrogen-bond acceptors (Lipinski definition) is 15. The summed E-state index contributed by atoms with van der Waals surface area (Å²) in [5, 5.41) is 51.3. The molecule has 0 heterocycles. The molecule has 22 heteroatoms. The number of amides is 5. The number of rotatable bonds is 50. The number of thiol groups is 1. The monoisotopic (exact) mass is 1060 g/mol. The van der Waals surface area contributed by atoms with Gasteiger partial charge in [0.25, 0.3) is 0 Å². The molecule has 0 spiro atoms. The molecule has 0 aliphatic heterocycles. The van der Waals surface area contributed by atoms with Crippen molar-refractivity contribution in [1.29, 1.82) is 0 Å². The van der Waals surface area contributed by atoms with Gasteiger partial charge in [-0.1, -0.05) is 103 Å². The summed E-state index contributed by atoms with van der Waals surface area (Å²) >= 11 is 3.79. The van der Waals surface area contributed by atoms with E-state index < -0.39 is 30.3 Å². The molecule has 73 heavy (non-hydrogen) atoms. The summed E-state index contributed by atoms with van der Waals surface area (Å²) in [6, 6.07) is -1.73. The van der Waals surface area contributed by atoms with E-state index in [1.807, 2.05) is 0 Å². The first-order chi connectivity index (χ1) is 35.3. The molecule has 10 N–H and O–H groups in total. The summed E-state index contributed by atoms with van der Waals surface area (Å²) in [6.45, 7) is 2.37. The fraction of sp³-hybridized carbons (Fsp3) is 0.863. The smallest absolute Gasteiger partial charge is 0.321 e. The second kappa shape index (κ2) is 46.9. The van der Waals surface area contributed by atoms with Gasteiger partial charge in [0, 0.05) is 51.4 Å². The summed E-state index contributed by atoms with van der Waals surface area (Å²) in [5.41, 5.74) is 0. The number of carbonyl (C=O) groups excluding carboxylic acids is 5. The highest BCUT2D eigenvalue weighted by atomic mass is 32.1. The van der Waals surface area contributed by atoms with Gasteiger partial charge in [0.1, 0.15) is 19.3 Å². The van der Waals surface area contributed by atoms with Crippen molar-refractivity contribution in [3.05, 3.63) is 0 Å². The SMILES string of the molecule is O=C(O)CCCCCCCCCCCCCCCCCCC(=O)NCC1CCC(C(=O)NC(CCC(=O)NCCOCCOCC(=O)NCCOCCOCC(=O)NCCCCC(NS)C(=O)O)C(O)O)CC1. The first kappa shape index (κ1) is 67.4. The van der Waals surface area contributed by atoms with Gasteiger partial charge in [0.15, 0.2) is 6.29 Å². The molecule has 1 aliphatic carbocycles. The zero-order valence-electron chi connectivity index (χ0n) is 43.7. The number of nitrogens with one attached hydrogen (secondary N) is 6. The molecule has 0 aromatic heterocycles. The third-order valence-corrected chi connectivity index (χ3v) is 13.1. The molecule has 0 aromatic carbocycles. The van der Waals surface area contributed by atoms with Crippen molar-refractivity contribution in [1.82, 2.24) is 31.3 Å². The first-order valence-electron chi connectivity index (χ1n) is 27.2. The van der Waals surface area contributed by atoms with Crippen molar-refractivity contribution in [2.45, 2.75) is 192 Å². The quantitative estimate of drug-likeness (QED) is 0.0233. The van der Waals surface area contributed by atoms with Gasteiger partial charge >= 0.3 is 11.9 Å². The van der Waals surface area contributed by atoms with E-state index in [1.165, 1.54) is 64.2 Å². The van der Waals surface area contributed by atoms with Crippen LogP contribution < -0.4 is 31.3 Å². The Hall–Kier alpha value is -3.64. The number of aliphatic hydroxyl groups excluding tert-OH is 1. The summed E-state index contributed by atoms with van der Waals surface area (Å²) in [5.74, 6) is -2.80. The lowest BCUT2D eigenvalue weighted by Crippen LogP contribution is -2.47. The molecule has 2 atom stereocenters. The van der Waals surface area contributed by atoms with Crippen LogP contribution in [0.5, 0.6) is 0 Å². The molecule has 0 bridgehead atoms. The van der Waals surface area contributed by atoms with Gasteiger partial charge in [-0.05, 0) is 70.1 Å². The first-order valence-corrected chi connectivity index (χ1v) is 27.7. The van der Waals surface area contributed by atoms with E-state index in [1.54, 1.807) is 0 Å². The lowest BCUT2D eigenvalue weighted by molar-refractivity contribution is -0.139. The Morgan fingerprint density at radius 1 is 0.479 bits per heavy atom. The van der Waals surface area contributed by atoms with Gasteiger partial charge < -0.3 is 66.0 Å². The number of hydrogen-bond donors (Lipinski definition) is 11. The van der Waals surface area contributed by atoms with Gasteiger partial charge in [-0.15, -0.1) is 0 Å². The van der Waals surface area contributed by atoms with Crippen molar-refractivity contribution >= 4 is 54.3 Å². The van der Waals surface area contributed by atoms with Crippen molar-refractivity contribution in [3.63, 3.8) is 0 Å². The second-order valence-corrected chi connectivity index (χ2v) is 19.3. The Bertz CT molecular complexity index is 1480. The predicted molar refractivity (Wildman–Crippen MR) is 278 cm³/mol. The topological polar surface area (TPSA) is 310 Å². The van der Waals surface area contributed by atoms with E-state index in [2.05, 4.69) is 44.1 Å². The minimum absolute atomic E-state index is 0.0354. The highest BCUT2D eigenvalue weighted by Gasteiger charge is 2.29. The largest absolute Gasteiger partial charge is 0.481 e. The van der Waals surface area contributed by atoms with Crippen LogP contribution in [0.2, 0.25) is 0 Å². The van der Waals surface area contributed by atoms with Crippen molar-refractivity contribution < 1.29 is 72.9 Å². The van der Waals surface area contributed by atoms with E-state index in [9.17, 15) is 43.8 Å². The maximum atomic E-state index is 13.0.